The predicted octanol–water partition coefficient (Wildman–Crippen LogP) is 2.86. The quantitative estimate of drug-likeness (QED) is 0.836. The van der Waals surface area contributed by atoms with Gasteiger partial charge in [-0.1, -0.05) is 42.5 Å². The van der Waals surface area contributed by atoms with Crippen molar-refractivity contribution in [1.82, 2.24) is 0 Å². The molecule has 1 N–H and O–H groups in total. The summed E-state index contributed by atoms with van der Waals surface area (Å²) in [5.74, 6) is -0.0925. The van der Waals surface area contributed by atoms with Crippen LogP contribution in [0.5, 0.6) is 5.75 Å². The molecule has 1 aliphatic heterocycles. The highest BCUT2D eigenvalue weighted by atomic mass is 16.5. The molecule has 0 atom stereocenters. The fraction of sp³-hybridized carbons (Fsp3) is 0.0625. The topological polar surface area (TPSA) is 46.5 Å². The maximum Gasteiger partial charge on any atom is 0.339 e. The number of hydrogen-bond donors (Lipinski definition) is 1. The van der Waals surface area contributed by atoms with E-state index in [0.29, 0.717) is 5.57 Å². The average molecular weight is 252 g/mol. The fourth-order valence-corrected chi connectivity index (χ4v) is 2.19. The number of phenols is 1. The molecule has 0 saturated heterocycles. The van der Waals surface area contributed by atoms with E-state index in [1.54, 1.807) is 24.3 Å². The van der Waals surface area contributed by atoms with E-state index < -0.39 is 0 Å². The molecule has 3 heteroatoms. The molecule has 0 aliphatic carbocycles. The maximum absolute atomic E-state index is 11.9. The van der Waals surface area contributed by atoms with Gasteiger partial charge in [-0.2, -0.15) is 0 Å². The van der Waals surface area contributed by atoms with E-state index in [0.717, 1.165) is 16.7 Å². The number of cyclic esters (lactones) is 1. The number of ether oxygens (including phenoxy) is 1. The number of benzene rings is 2. The first kappa shape index (κ1) is 11.5. The van der Waals surface area contributed by atoms with Crippen molar-refractivity contribution >= 4 is 17.1 Å². The molecule has 2 aromatic rings. The first-order valence-corrected chi connectivity index (χ1v) is 6.01. The minimum atomic E-state index is -0.297. The Morgan fingerprint density at radius 2 is 1.58 bits per heavy atom. The Bertz CT molecular complexity index is 639. The lowest BCUT2D eigenvalue weighted by Crippen LogP contribution is -1.98. The summed E-state index contributed by atoms with van der Waals surface area (Å²) in [6.45, 7) is 0.272. The van der Waals surface area contributed by atoms with Crippen LogP contribution in [0.25, 0.3) is 11.1 Å². The van der Waals surface area contributed by atoms with Crippen LogP contribution in [-0.4, -0.2) is 17.7 Å². The Kier molecular flexibility index (Phi) is 2.80. The van der Waals surface area contributed by atoms with Gasteiger partial charge in [0, 0.05) is 5.57 Å². The number of phenolic OH excluding ortho intramolecular Hbond substituents is 1. The zero-order valence-corrected chi connectivity index (χ0v) is 10.2. The van der Waals surface area contributed by atoms with Crippen LogP contribution in [0, 0.1) is 0 Å². The molecule has 0 spiro atoms. The van der Waals surface area contributed by atoms with Crippen molar-refractivity contribution in [1.29, 1.82) is 0 Å². The van der Waals surface area contributed by atoms with Gasteiger partial charge in [0.05, 0.1) is 5.57 Å². The third kappa shape index (κ3) is 2.10. The molecule has 0 saturated carbocycles. The Morgan fingerprint density at radius 3 is 2.26 bits per heavy atom. The van der Waals surface area contributed by atoms with Gasteiger partial charge in [-0.05, 0) is 23.3 Å². The monoisotopic (exact) mass is 252 g/mol. The minimum Gasteiger partial charge on any atom is -0.508 e. The summed E-state index contributed by atoms with van der Waals surface area (Å²) in [4.78, 5) is 11.9. The normalized spacial score (nSPS) is 14.6. The van der Waals surface area contributed by atoms with Gasteiger partial charge in [0.2, 0.25) is 0 Å². The third-order valence-corrected chi connectivity index (χ3v) is 3.13. The van der Waals surface area contributed by atoms with Crippen LogP contribution in [0.4, 0.5) is 0 Å². The molecular weight excluding hydrogens is 240 g/mol. The number of carbonyl (C=O) groups is 1. The summed E-state index contributed by atoms with van der Waals surface area (Å²) in [5, 5.41) is 9.32. The SMILES string of the molecule is O=C1OCC(c2ccc(O)cc2)=C1c1ccccc1. The van der Waals surface area contributed by atoms with Crippen LogP contribution < -0.4 is 0 Å². The Hall–Kier alpha value is -2.55. The summed E-state index contributed by atoms with van der Waals surface area (Å²) >= 11 is 0. The number of carbonyl (C=O) groups excluding carboxylic acids is 1. The second kappa shape index (κ2) is 4.61. The molecule has 0 unspecified atom stereocenters. The number of rotatable bonds is 2. The highest BCUT2D eigenvalue weighted by Crippen LogP contribution is 2.33. The molecule has 0 radical (unpaired) electrons. The second-order valence-corrected chi connectivity index (χ2v) is 4.34. The molecule has 0 fully saturated rings. The van der Waals surface area contributed by atoms with Gasteiger partial charge in [0.25, 0.3) is 0 Å². The van der Waals surface area contributed by atoms with Crippen molar-refractivity contribution in [2.24, 2.45) is 0 Å². The molecule has 1 aliphatic rings. The van der Waals surface area contributed by atoms with Crippen molar-refractivity contribution in [3.8, 4) is 5.75 Å². The molecule has 1 heterocycles. The van der Waals surface area contributed by atoms with E-state index in [4.69, 9.17) is 4.74 Å². The zero-order chi connectivity index (χ0) is 13.2. The van der Waals surface area contributed by atoms with Gasteiger partial charge in [0.15, 0.2) is 0 Å². The van der Waals surface area contributed by atoms with E-state index in [1.807, 2.05) is 30.3 Å². The summed E-state index contributed by atoms with van der Waals surface area (Å²) in [7, 11) is 0. The van der Waals surface area contributed by atoms with E-state index in [1.165, 1.54) is 0 Å². The first-order chi connectivity index (χ1) is 9.25. The molecular formula is C16H12O3. The van der Waals surface area contributed by atoms with Crippen molar-refractivity contribution in [2.75, 3.05) is 6.61 Å². The van der Waals surface area contributed by atoms with Crippen LogP contribution >= 0.6 is 0 Å². The molecule has 19 heavy (non-hydrogen) atoms. The van der Waals surface area contributed by atoms with Crippen LogP contribution in [-0.2, 0) is 9.53 Å². The Labute approximate surface area is 110 Å². The highest BCUT2D eigenvalue weighted by molar-refractivity contribution is 6.27. The van der Waals surface area contributed by atoms with E-state index in [-0.39, 0.29) is 18.3 Å². The van der Waals surface area contributed by atoms with Crippen LogP contribution in [0.2, 0.25) is 0 Å². The Balaban J connectivity index is 2.13. The summed E-state index contributed by atoms with van der Waals surface area (Å²) in [6.07, 6.45) is 0. The third-order valence-electron chi connectivity index (χ3n) is 3.13. The van der Waals surface area contributed by atoms with Crippen molar-refractivity contribution in [3.05, 3.63) is 65.7 Å². The van der Waals surface area contributed by atoms with Gasteiger partial charge >= 0.3 is 5.97 Å². The minimum absolute atomic E-state index is 0.204. The fourth-order valence-electron chi connectivity index (χ4n) is 2.19. The molecule has 3 rings (SSSR count). The van der Waals surface area contributed by atoms with E-state index >= 15 is 0 Å². The molecule has 0 aromatic heterocycles. The predicted molar refractivity (Wildman–Crippen MR) is 72.3 cm³/mol. The molecule has 3 nitrogen and oxygen atoms in total. The smallest absolute Gasteiger partial charge is 0.339 e. The molecule has 94 valence electrons. The maximum atomic E-state index is 11.9. The molecule has 0 amide bonds. The first-order valence-electron chi connectivity index (χ1n) is 6.01. The van der Waals surface area contributed by atoms with E-state index in [9.17, 15) is 9.90 Å². The van der Waals surface area contributed by atoms with Gasteiger partial charge in [-0.25, -0.2) is 4.79 Å². The summed E-state index contributed by atoms with van der Waals surface area (Å²) in [5.41, 5.74) is 3.21. The Morgan fingerprint density at radius 1 is 0.895 bits per heavy atom. The second-order valence-electron chi connectivity index (χ2n) is 4.34. The van der Waals surface area contributed by atoms with Gasteiger partial charge in [0.1, 0.15) is 12.4 Å². The largest absolute Gasteiger partial charge is 0.508 e. The van der Waals surface area contributed by atoms with Crippen LogP contribution in [0.1, 0.15) is 11.1 Å². The molecule has 0 bridgehead atoms. The van der Waals surface area contributed by atoms with Gasteiger partial charge in [-0.15, -0.1) is 0 Å². The number of aromatic hydroxyl groups is 1. The van der Waals surface area contributed by atoms with Crippen molar-refractivity contribution < 1.29 is 14.6 Å². The number of esters is 1. The average Bonchev–Trinajstić information content (AvgIpc) is 2.82. The number of hydrogen-bond acceptors (Lipinski definition) is 3. The van der Waals surface area contributed by atoms with Crippen molar-refractivity contribution in [2.45, 2.75) is 0 Å². The van der Waals surface area contributed by atoms with Gasteiger partial charge in [-0.3, -0.25) is 0 Å². The lowest BCUT2D eigenvalue weighted by molar-refractivity contribution is -0.133. The summed E-state index contributed by atoms with van der Waals surface area (Å²) < 4.78 is 5.14. The lowest BCUT2D eigenvalue weighted by atomic mass is 9.97. The summed E-state index contributed by atoms with van der Waals surface area (Å²) in [6, 6.07) is 16.3. The standard InChI is InChI=1S/C16H12O3/c17-13-8-6-11(7-9-13)14-10-19-16(18)15(14)12-4-2-1-3-5-12/h1-9,17H,10H2. The van der Waals surface area contributed by atoms with Gasteiger partial charge < -0.3 is 9.84 Å². The highest BCUT2D eigenvalue weighted by Gasteiger charge is 2.26. The van der Waals surface area contributed by atoms with Crippen LogP contribution in [0.15, 0.2) is 54.6 Å². The zero-order valence-electron chi connectivity index (χ0n) is 10.2. The lowest BCUT2D eigenvalue weighted by Gasteiger charge is -2.04. The van der Waals surface area contributed by atoms with Crippen molar-refractivity contribution in [3.63, 3.8) is 0 Å². The molecule has 2 aromatic carbocycles. The van der Waals surface area contributed by atoms with Crippen LogP contribution in [0.3, 0.4) is 0 Å². The van der Waals surface area contributed by atoms with E-state index in [2.05, 4.69) is 0 Å².